The van der Waals surface area contributed by atoms with Crippen molar-refractivity contribution in [3.8, 4) is 11.5 Å². The van der Waals surface area contributed by atoms with E-state index in [0.29, 0.717) is 30.2 Å². The van der Waals surface area contributed by atoms with Crippen LogP contribution in [0.5, 0.6) is 11.5 Å². The van der Waals surface area contributed by atoms with Crippen LogP contribution in [0.25, 0.3) is 0 Å². The molecule has 1 fully saturated rings. The van der Waals surface area contributed by atoms with E-state index < -0.39 is 4.92 Å². The van der Waals surface area contributed by atoms with Crippen molar-refractivity contribution in [3.63, 3.8) is 0 Å². The zero-order valence-corrected chi connectivity index (χ0v) is 12.2. The summed E-state index contributed by atoms with van der Waals surface area (Å²) in [4.78, 5) is 10.7. The first-order valence-electron chi connectivity index (χ1n) is 6.80. The van der Waals surface area contributed by atoms with Crippen molar-refractivity contribution < 1.29 is 19.5 Å². The fraction of sp³-hybridized carbons (Fsp3) is 0.571. The van der Waals surface area contributed by atoms with Crippen molar-refractivity contribution in [3.05, 3.63) is 22.2 Å². The maximum absolute atomic E-state index is 11.2. The molecule has 1 aromatic carbocycles. The lowest BCUT2D eigenvalue weighted by molar-refractivity contribution is -0.384. The van der Waals surface area contributed by atoms with Gasteiger partial charge < -0.3 is 19.9 Å². The van der Waals surface area contributed by atoms with Gasteiger partial charge in [0.1, 0.15) is 5.69 Å². The van der Waals surface area contributed by atoms with E-state index in [-0.39, 0.29) is 17.7 Å². The number of ether oxygens (including phenoxy) is 2. The van der Waals surface area contributed by atoms with E-state index in [0.717, 1.165) is 12.8 Å². The fourth-order valence-corrected chi connectivity index (χ4v) is 2.37. The predicted molar refractivity (Wildman–Crippen MR) is 78.1 cm³/mol. The Morgan fingerprint density at radius 3 is 2.43 bits per heavy atom. The topological polar surface area (TPSA) is 93.9 Å². The Labute approximate surface area is 123 Å². The van der Waals surface area contributed by atoms with Crippen LogP contribution in [0.3, 0.4) is 0 Å². The van der Waals surface area contributed by atoms with Gasteiger partial charge in [0.2, 0.25) is 0 Å². The average molecular weight is 296 g/mol. The normalized spacial score (nSPS) is 15.4. The molecule has 7 heteroatoms. The van der Waals surface area contributed by atoms with Gasteiger partial charge in [-0.1, -0.05) is 0 Å². The Bertz CT molecular complexity index is 528. The molecule has 0 heterocycles. The molecule has 0 radical (unpaired) electrons. The van der Waals surface area contributed by atoms with Gasteiger partial charge in [0.15, 0.2) is 11.5 Å². The Balaban J connectivity index is 2.22. The van der Waals surface area contributed by atoms with Gasteiger partial charge in [-0.3, -0.25) is 10.1 Å². The summed E-state index contributed by atoms with van der Waals surface area (Å²) < 4.78 is 10.3. The molecule has 0 saturated heterocycles. The third kappa shape index (κ3) is 3.36. The minimum Gasteiger partial charge on any atom is -0.493 e. The summed E-state index contributed by atoms with van der Waals surface area (Å²) in [5.41, 5.74) is 0.421. The number of hydrogen-bond donors (Lipinski definition) is 2. The molecule has 0 unspecified atom stereocenters. The molecule has 2 N–H and O–H groups in total. The van der Waals surface area contributed by atoms with E-state index in [1.807, 2.05) is 0 Å². The summed E-state index contributed by atoms with van der Waals surface area (Å²) in [5.74, 6) is 0.767. The van der Waals surface area contributed by atoms with E-state index in [1.54, 1.807) is 6.07 Å². The van der Waals surface area contributed by atoms with Gasteiger partial charge in [0, 0.05) is 19.2 Å². The lowest BCUT2D eigenvalue weighted by atomic mass is 10.0. The van der Waals surface area contributed by atoms with Gasteiger partial charge in [-0.05, 0) is 24.7 Å². The summed E-state index contributed by atoms with van der Waals surface area (Å²) in [6.45, 7) is 0.736. The molecule has 0 aromatic heterocycles. The molecular formula is C14H20N2O5. The van der Waals surface area contributed by atoms with Crippen molar-refractivity contribution >= 4 is 11.4 Å². The van der Waals surface area contributed by atoms with E-state index in [1.165, 1.54) is 20.3 Å². The summed E-state index contributed by atoms with van der Waals surface area (Å²) >= 11 is 0. The third-order valence-corrected chi connectivity index (χ3v) is 3.95. The van der Waals surface area contributed by atoms with Crippen LogP contribution in [0.2, 0.25) is 0 Å². The second kappa shape index (κ2) is 6.17. The van der Waals surface area contributed by atoms with E-state index in [2.05, 4.69) is 5.32 Å². The molecule has 1 aliphatic carbocycles. The van der Waals surface area contributed by atoms with Crippen LogP contribution in [0.1, 0.15) is 19.3 Å². The van der Waals surface area contributed by atoms with Gasteiger partial charge in [-0.25, -0.2) is 0 Å². The van der Waals surface area contributed by atoms with E-state index in [4.69, 9.17) is 14.6 Å². The second-order valence-electron chi connectivity index (χ2n) is 5.31. The van der Waals surface area contributed by atoms with Crippen LogP contribution in [0, 0.1) is 15.5 Å². The number of aliphatic hydroxyl groups excluding tert-OH is 1. The van der Waals surface area contributed by atoms with Crippen molar-refractivity contribution in [1.82, 2.24) is 0 Å². The SMILES string of the molecule is COc1cc(NCC2(CCO)CC2)c([N+](=O)[O-])cc1OC. The first kappa shape index (κ1) is 15.4. The smallest absolute Gasteiger partial charge is 0.296 e. The van der Waals surface area contributed by atoms with Crippen LogP contribution < -0.4 is 14.8 Å². The van der Waals surface area contributed by atoms with Crippen LogP contribution >= 0.6 is 0 Å². The van der Waals surface area contributed by atoms with E-state index in [9.17, 15) is 10.1 Å². The molecule has 0 amide bonds. The molecule has 2 rings (SSSR count). The highest BCUT2D eigenvalue weighted by Crippen LogP contribution is 2.49. The minimum absolute atomic E-state index is 0.0487. The number of benzene rings is 1. The summed E-state index contributed by atoms with van der Waals surface area (Å²) in [6.07, 6.45) is 2.77. The molecule has 116 valence electrons. The number of anilines is 1. The molecule has 1 aromatic rings. The third-order valence-electron chi connectivity index (χ3n) is 3.95. The monoisotopic (exact) mass is 296 g/mol. The Kier molecular flexibility index (Phi) is 4.52. The van der Waals surface area contributed by atoms with E-state index >= 15 is 0 Å². The zero-order valence-electron chi connectivity index (χ0n) is 12.2. The van der Waals surface area contributed by atoms with Crippen molar-refractivity contribution in [2.75, 3.05) is 32.7 Å². The molecule has 0 bridgehead atoms. The zero-order chi connectivity index (χ0) is 15.5. The number of hydrogen-bond acceptors (Lipinski definition) is 6. The van der Waals surface area contributed by atoms with Gasteiger partial charge in [0.25, 0.3) is 5.69 Å². The van der Waals surface area contributed by atoms with Gasteiger partial charge in [-0.15, -0.1) is 0 Å². The van der Waals surface area contributed by atoms with Crippen LogP contribution in [-0.4, -0.2) is 37.4 Å². The molecule has 0 spiro atoms. The van der Waals surface area contributed by atoms with Gasteiger partial charge >= 0.3 is 0 Å². The largest absolute Gasteiger partial charge is 0.493 e. The lowest BCUT2D eigenvalue weighted by Crippen LogP contribution is -2.17. The Morgan fingerprint density at radius 2 is 1.95 bits per heavy atom. The van der Waals surface area contributed by atoms with Crippen molar-refractivity contribution in [2.24, 2.45) is 5.41 Å². The second-order valence-corrected chi connectivity index (χ2v) is 5.31. The molecule has 1 aliphatic rings. The number of rotatable bonds is 8. The highest BCUT2D eigenvalue weighted by atomic mass is 16.6. The molecule has 21 heavy (non-hydrogen) atoms. The summed E-state index contributed by atoms with van der Waals surface area (Å²) in [7, 11) is 2.93. The standard InChI is InChI=1S/C14H20N2O5/c1-20-12-7-10(11(16(18)19)8-13(12)21-2)15-9-14(3-4-14)5-6-17/h7-8,15,17H,3-6,9H2,1-2H3. The number of methoxy groups -OCH3 is 2. The molecule has 0 atom stereocenters. The number of nitro groups is 1. The predicted octanol–water partition coefficient (Wildman–Crippen LogP) is 2.19. The Hall–Kier alpha value is -2.02. The summed E-state index contributed by atoms with van der Waals surface area (Å²) in [5, 5.41) is 23.4. The Morgan fingerprint density at radius 1 is 1.33 bits per heavy atom. The van der Waals surface area contributed by atoms with Gasteiger partial charge in [-0.2, -0.15) is 0 Å². The number of nitro benzene ring substituents is 1. The lowest BCUT2D eigenvalue weighted by Gasteiger charge is -2.17. The average Bonchev–Trinajstić information content (AvgIpc) is 3.24. The first-order valence-corrected chi connectivity index (χ1v) is 6.80. The number of aliphatic hydroxyl groups is 1. The minimum atomic E-state index is -0.449. The molecular weight excluding hydrogens is 276 g/mol. The molecule has 7 nitrogen and oxygen atoms in total. The quantitative estimate of drug-likeness (QED) is 0.564. The van der Waals surface area contributed by atoms with Crippen LogP contribution in [0.4, 0.5) is 11.4 Å². The highest BCUT2D eigenvalue weighted by Gasteiger charge is 2.41. The van der Waals surface area contributed by atoms with Crippen molar-refractivity contribution in [1.29, 1.82) is 0 Å². The van der Waals surface area contributed by atoms with Crippen LogP contribution in [0.15, 0.2) is 12.1 Å². The fourth-order valence-electron chi connectivity index (χ4n) is 2.37. The highest BCUT2D eigenvalue weighted by molar-refractivity contribution is 5.68. The number of nitrogens with zero attached hydrogens (tertiary/aromatic N) is 1. The van der Waals surface area contributed by atoms with Crippen molar-refractivity contribution in [2.45, 2.75) is 19.3 Å². The number of nitrogens with one attached hydrogen (secondary N) is 1. The van der Waals surface area contributed by atoms with Gasteiger partial charge in [0.05, 0.1) is 25.2 Å². The maximum atomic E-state index is 11.2. The van der Waals surface area contributed by atoms with Crippen LogP contribution in [-0.2, 0) is 0 Å². The summed E-state index contributed by atoms with van der Waals surface area (Å²) in [6, 6.07) is 2.93. The molecule has 1 saturated carbocycles. The maximum Gasteiger partial charge on any atom is 0.296 e. The molecule has 0 aliphatic heterocycles. The first-order chi connectivity index (χ1) is 10.0.